The molecule has 2 rings (SSSR count). The van der Waals surface area contributed by atoms with Gasteiger partial charge in [0.15, 0.2) is 0 Å². The molecule has 0 unspecified atom stereocenters. The summed E-state index contributed by atoms with van der Waals surface area (Å²) < 4.78 is 1.81. The van der Waals surface area contributed by atoms with Crippen molar-refractivity contribution in [3.8, 4) is 0 Å². The lowest BCUT2D eigenvalue weighted by molar-refractivity contribution is -0.131. The summed E-state index contributed by atoms with van der Waals surface area (Å²) in [7, 11) is 1.92. The standard InChI is InChI=1S/C15H27N5O.2ClH/c1-18-13-14(12-17-18)19-8-10-20(11-9-19)15(21)6-4-2-3-5-7-16;;/h12-13H,2-11,16H2,1H3;2*1H. The molecule has 23 heavy (non-hydrogen) atoms. The van der Waals surface area contributed by atoms with Crippen molar-refractivity contribution in [3.05, 3.63) is 12.4 Å². The monoisotopic (exact) mass is 365 g/mol. The van der Waals surface area contributed by atoms with E-state index in [0.29, 0.717) is 12.3 Å². The smallest absolute Gasteiger partial charge is 0.222 e. The Labute approximate surface area is 151 Å². The number of aromatic nitrogens is 2. The molecule has 1 aliphatic rings. The zero-order valence-electron chi connectivity index (χ0n) is 13.8. The second-order valence-corrected chi connectivity index (χ2v) is 5.69. The zero-order valence-corrected chi connectivity index (χ0v) is 15.4. The topological polar surface area (TPSA) is 67.4 Å². The molecule has 0 aliphatic carbocycles. The molecule has 1 saturated heterocycles. The van der Waals surface area contributed by atoms with Crippen molar-refractivity contribution < 1.29 is 4.79 Å². The average molecular weight is 366 g/mol. The minimum Gasteiger partial charge on any atom is -0.365 e. The zero-order chi connectivity index (χ0) is 15.1. The SMILES string of the molecule is Cl.Cl.Cn1cc(N2CCN(C(=O)CCCCCCN)CC2)cn1. The average Bonchev–Trinajstić information content (AvgIpc) is 2.93. The second-order valence-electron chi connectivity index (χ2n) is 5.69. The maximum Gasteiger partial charge on any atom is 0.222 e. The van der Waals surface area contributed by atoms with Crippen molar-refractivity contribution in [2.45, 2.75) is 32.1 Å². The fourth-order valence-corrected chi connectivity index (χ4v) is 2.72. The van der Waals surface area contributed by atoms with Crippen molar-refractivity contribution in [1.82, 2.24) is 14.7 Å². The summed E-state index contributed by atoms with van der Waals surface area (Å²) in [5.41, 5.74) is 6.61. The summed E-state index contributed by atoms with van der Waals surface area (Å²) in [6, 6.07) is 0. The quantitative estimate of drug-likeness (QED) is 0.748. The van der Waals surface area contributed by atoms with E-state index in [1.807, 2.05) is 29.0 Å². The predicted molar refractivity (Wildman–Crippen MR) is 98.6 cm³/mol. The number of nitrogens with two attached hydrogens (primary N) is 1. The van der Waals surface area contributed by atoms with Gasteiger partial charge in [0.25, 0.3) is 0 Å². The molecule has 1 amide bonds. The first kappa shape index (κ1) is 22.0. The molecule has 0 saturated carbocycles. The van der Waals surface area contributed by atoms with Gasteiger partial charge in [0.05, 0.1) is 11.9 Å². The van der Waals surface area contributed by atoms with Gasteiger partial charge in [-0.2, -0.15) is 5.10 Å². The van der Waals surface area contributed by atoms with Crippen LogP contribution < -0.4 is 10.6 Å². The highest BCUT2D eigenvalue weighted by molar-refractivity contribution is 5.85. The van der Waals surface area contributed by atoms with Gasteiger partial charge >= 0.3 is 0 Å². The fraction of sp³-hybridized carbons (Fsp3) is 0.733. The second kappa shape index (κ2) is 11.5. The number of anilines is 1. The lowest BCUT2D eigenvalue weighted by Crippen LogP contribution is -2.48. The number of hydrogen-bond acceptors (Lipinski definition) is 4. The minimum absolute atomic E-state index is 0. The van der Waals surface area contributed by atoms with Crippen LogP contribution >= 0.6 is 24.8 Å². The Morgan fingerprint density at radius 3 is 2.35 bits per heavy atom. The number of piperazine rings is 1. The van der Waals surface area contributed by atoms with Crippen molar-refractivity contribution >= 4 is 36.4 Å². The number of carbonyl (C=O) groups excluding carboxylic acids is 1. The van der Waals surface area contributed by atoms with E-state index in [4.69, 9.17) is 5.73 Å². The third-order valence-electron chi connectivity index (χ3n) is 4.03. The number of rotatable bonds is 7. The largest absolute Gasteiger partial charge is 0.365 e. The van der Waals surface area contributed by atoms with Crippen LogP contribution in [0.3, 0.4) is 0 Å². The van der Waals surface area contributed by atoms with E-state index in [0.717, 1.165) is 64.1 Å². The van der Waals surface area contributed by atoms with Crippen molar-refractivity contribution in [1.29, 1.82) is 0 Å². The van der Waals surface area contributed by atoms with Gasteiger partial charge in [-0.3, -0.25) is 9.48 Å². The van der Waals surface area contributed by atoms with E-state index in [2.05, 4.69) is 10.00 Å². The number of carbonyl (C=O) groups is 1. The normalized spacial score (nSPS) is 14.2. The van der Waals surface area contributed by atoms with Crippen LogP contribution in [0, 0.1) is 0 Å². The Morgan fingerprint density at radius 1 is 1.13 bits per heavy atom. The number of amides is 1. The van der Waals surface area contributed by atoms with Crippen LogP contribution in [-0.2, 0) is 11.8 Å². The molecule has 1 aromatic heterocycles. The molecule has 0 aromatic carbocycles. The number of nitrogens with zero attached hydrogens (tertiary/aromatic N) is 4. The van der Waals surface area contributed by atoms with E-state index in [-0.39, 0.29) is 24.8 Å². The van der Waals surface area contributed by atoms with E-state index >= 15 is 0 Å². The van der Waals surface area contributed by atoms with E-state index < -0.39 is 0 Å². The Bertz CT molecular complexity index is 447. The molecule has 1 aliphatic heterocycles. The van der Waals surface area contributed by atoms with Crippen LogP contribution in [0.15, 0.2) is 12.4 Å². The Hall–Kier alpha value is -0.980. The Balaban J connectivity index is 0.00000242. The van der Waals surface area contributed by atoms with Gasteiger partial charge in [0, 0.05) is 45.8 Å². The summed E-state index contributed by atoms with van der Waals surface area (Å²) in [6.45, 7) is 4.17. The maximum absolute atomic E-state index is 12.1. The van der Waals surface area contributed by atoms with E-state index in [1.54, 1.807) is 0 Å². The highest BCUT2D eigenvalue weighted by Gasteiger charge is 2.21. The summed E-state index contributed by atoms with van der Waals surface area (Å²) in [6.07, 6.45) is 8.89. The molecule has 1 aromatic rings. The molecule has 0 atom stereocenters. The molecular weight excluding hydrogens is 337 g/mol. The molecule has 6 nitrogen and oxygen atoms in total. The summed E-state index contributed by atoms with van der Waals surface area (Å²) >= 11 is 0. The third-order valence-corrected chi connectivity index (χ3v) is 4.03. The van der Waals surface area contributed by atoms with Gasteiger partial charge in [0.1, 0.15) is 0 Å². The molecule has 0 bridgehead atoms. The summed E-state index contributed by atoms with van der Waals surface area (Å²) in [5.74, 6) is 0.300. The van der Waals surface area contributed by atoms with Crippen molar-refractivity contribution in [2.75, 3.05) is 37.6 Å². The van der Waals surface area contributed by atoms with Gasteiger partial charge < -0.3 is 15.5 Å². The number of halogens is 2. The summed E-state index contributed by atoms with van der Waals surface area (Å²) in [5, 5.41) is 4.20. The van der Waals surface area contributed by atoms with Crippen molar-refractivity contribution in [3.63, 3.8) is 0 Å². The van der Waals surface area contributed by atoms with Gasteiger partial charge in [-0.25, -0.2) is 0 Å². The first-order valence-electron chi connectivity index (χ1n) is 7.92. The molecule has 0 spiro atoms. The van der Waals surface area contributed by atoms with Crippen molar-refractivity contribution in [2.24, 2.45) is 12.8 Å². The van der Waals surface area contributed by atoms with Gasteiger partial charge in [-0.15, -0.1) is 24.8 Å². The van der Waals surface area contributed by atoms with Crippen LogP contribution in [-0.4, -0.2) is 53.3 Å². The predicted octanol–water partition coefficient (Wildman–Crippen LogP) is 1.82. The van der Waals surface area contributed by atoms with E-state index in [1.165, 1.54) is 0 Å². The van der Waals surface area contributed by atoms with Crippen LogP contribution in [0.2, 0.25) is 0 Å². The Morgan fingerprint density at radius 2 is 1.78 bits per heavy atom. The number of unbranched alkanes of at least 4 members (excludes halogenated alkanes) is 3. The van der Waals surface area contributed by atoms with Crippen LogP contribution in [0.5, 0.6) is 0 Å². The van der Waals surface area contributed by atoms with Crippen LogP contribution in [0.25, 0.3) is 0 Å². The first-order chi connectivity index (χ1) is 10.2. The first-order valence-corrected chi connectivity index (χ1v) is 7.92. The molecule has 8 heteroatoms. The Kier molecular flexibility index (Phi) is 11.0. The van der Waals surface area contributed by atoms with Gasteiger partial charge in [-0.1, -0.05) is 12.8 Å². The molecular formula is C15H29Cl2N5O. The van der Waals surface area contributed by atoms with Gasteiger partial charge in [-0.05, 0) is 19.4 Å². The molecule has 2 N–H and O–H groups in total. The molecule has 1 fully saturated rings. The lowest BCUT2D eigenvalue weighted by atomic mass is 10.1. The highest BCUT2D eigenvalue weighted by atomic mass is 35.5. The number of hydrogen-bond donors (Lipinski definition) is 1. The fourth-order valence-electron chi connectivity index (χ4n) is 2.72. The molecule has 2 heterocycles. The molecule has 0 radical (unpaired) electrons. The van der Waals surface area contributed by atoms with E-state index in [9.17, 15) is 4.79 Å². The minimum atomic E-state index is 0. The maximum atomic E-state index is 12.1. The third kappa shape index (κ3) is 6.97. The summed E-state index contributed by atoms with van der Waals surface area (Å²) in [4.78, 5) is 16.4. The highest BCUT2D eigenvalue weighted by Crippen LogP contribution is 2.15. The lowest BCUT2D eigenvalue weighted by Gasteiger charge is -2.35. The number of aryl methyl sites for hydroxylation is 1. The molecule has 134 valence electrons. The van der Waals surface area contributed by atoms with Crippen LogP contribution in [0.1, 0.15) is 32.1 Å². The van der Waals surface area contributed by atoms with Gasteiger partial charge in [0.2, 0.25) is 5.91 Å². The van der Waals surface area contributed by atoms with Crippen LogP contribution in [0.4, 0.5) is 5.69 Å².